The van der Waals surface area contributed by atoms with Crippen LogP contribution in [0.1, 0.15) is 19.8 Å². The standard InChI is InChI=1S/C11H21N3O4/c1-8(14-4-2-3-5-14)6-12-11(18)13-9(7-15)10(16)17/h8-9,15H,2-7H2,1H3,(H,16,17)(H2,12,13,18). The van der Waals surface area contributed by atoms with E-state index in [1.165, 1.54) is 12.8 Å². The first-order valence-electron chi connectivity index (χ1n) is 6.16. The summed E-state index contributed by atoms with van der Waals surface area (Å²) in [6, 6.07) is -1.59. The summed E-state index contributed by atoms with van der Waals surface area (Å²) in [6.07, 6.45) is 2.37. The van der Waals surface area contributed by atoms with Crippen molar-refractivity contribution in [2.75, 3.05) is 26.2 Å². The van der Waals surface area contributed by atoms with Crippen molar-refractivity contribution in [1.82, 2.24) is 15.5 Å². The van der Waals surface area contributed by atoms with Gasteiger partial charge in [-0.25, -0.2) is 9.59 Å². The lowest BCUT2D eigenvalue weighted by atomic mass is 10.3. The van der Waals surface area contributed by atoms with Gasteiger partial charge < -0.3 is 20.8 Å². The fraction of sp³-hybridized carbons (Fsp3) is 0.818. The molecule has 1 aliphatic heterocycles. The number of nitrogens with one attached hydrogen (secondary N) is 2. The lowest BCUT2D eigenvalue weighted by Crippen LogP contribution is -2.50. The fourth-order valence-corrected chi connectivity index (χ4v) is 1.95. The van der Waals surface area contributed by atoms with Gasteiger partial charge in [0, 0.05) is 12.6 Å². The second kappa shape index (κ2) is 7.17. The van der Waals surface area contributed by atoms with Crippen LogP contribution in [-0.2, 0) is 4.79 Å². The van der Waals surface area contributed by atoms with Crippen LogP contribution in [0.5, 0.6) is 0 Å². The Kier molecular flexibility index (Phi) is 5.87. The van der Waals surface area contributed by atoms with Crippen molar-refractivity contribution < 1.29 is 19.8 Å². The molecule has 0 aromatic carbocycles. The summed E-state index contributed by atoms with van der Waals surface area (Å²) in [5.41, 5.74) is 0. The van der Waals surface area contributed by atoms with Gasteiger partial charge in [-0.3, -0.25) is 4.90 Å². The smallest absolute Gasteiger partial charge is 0.328 e. The topological polar surface area (TPSA) is 102 Å². The number of urea groups is 1. The second-order valence-electron chi connectivity index (χ2n) is 4.52. The Morgan fingerprint density at radius 2 is 1.94 bits per heavy atom. The van der Waals surface area contributed by atoms with Crippen LogP contribution in [0.4, 0.5) is 4.79 Å². The third-order valence-electron chi connectivity index (χ3n) is 3.11. The molecule has 7 nitrogen and oxygen atoms in total. The molecule has 0 aromatic rings. The van der Waals surface area contributed by atoms with Gasteiger partial charge in [0.15, 0.2) is 6.04 Å². The maximum atomic E-state index is 11.4. The SMILES string of the molecule is CC(CNC(=O)NC(CO)C(=O)O)N1CCCC1. The van der Waals surface area contributed by atoms with E-state index >= 15 is 0 Å². The molecule has 0 aliphatic carbocycles. The number of aliphatic hydroxyl groups is 1. The average molecular weight is 259 g/mol. The zero-order chi connectivity index (χ0) is 13.5. The molecule has 2 unspecified atom stereocenters. The maximum absolute atomic E-state index is 11.4. The van der Waals surface area contributed by atoms with Gasteiger partial charge in [0.05, 0.1) is 6.61 Å². The number of likely N-dealkylation sites (tertiary alicyclic amines) is 1. The van der Waals surface area contributed by atoms with Crippen LogP contribution in [0.15, 0.2) is 0 Å². The molecule has 7 heteroatoms. The van der Waals surface area contributed by atoms with Gasteiger partial charge in [-0.05, 0) is 32.9 Å². The Labute approximate surface area is 106 Å². The van der Waals surface area contributed by atoms with Crippen molar-refractivity contribution in [3.63, 3.8) is 0 Å². The quantitative estimate of drug-likeness (QED) is 0.501. The minimum Gasteiger partial charge on any atom is -0.480 e. The molecule has 1 rings (SSSR count). The van der Waals surface area contributed by atoms with E-state index in [0.29, 0.717) is 6.54 Å². The third-order valence-corrected chi connectivity index (χ3v) is 3.11. The molecule has 1 saturated heterocycles. The summed E-state index contributed by atoms with van der Waals surface area (Å²) in [5, 5.41) is 22.2. The van der Waals surface area contributed by atoms with E-state index in [1.807, 2.05) is 6.92 Å². The summed E-state index contributed by atoms with van der Waals surface area (Å²) in [4.78, 5) is 24.3. The van der Waals surface area contributed by atoms with Crippen LogP contribution in [-0.4, -0.2) is 65.4 Å². The monoisotopic (exact) mass is 259 g/mol. The Balaban J connectivity index is 2.25. The van der Waals surface area contributed by atoms with Gasteiger partial charge in [0.2, 0.25) is 0 Å². The normalized spacial score (nSPS) is 19.2. The molecule has 1 fully saturated rings. The number of carbonyl (C=O) groups excluding carboxylic acids is 1. The number of hydrogen-bond acceptors (Lipinski definition) is 4. The molecular formula is C11H21N3O4. The average Bonchev–Trinajstić information content (AvgIpc) is 2.86. The number of carbonyl (C=O) groups is 2. The molecule has 1 aliphatic rings. The van der Waals surface area contributed by atoms with Crippen molar-refractivity contribution in [1.29, 1.82) is 0 Å². The highest BCUT2D eigenvalue weighted by molar-refractivity contribution is 5.82. The molecular weight excluding hydrogens is 238 g/mol. The number of amides is 2. The molecule has 0 spiro atoms. The molecule has 0 radical (unpaired) electrons. The summed E-state index contributed by atoms with van der Waals surface area (Å²) >= 11 is 0. The lowest BCUT2D eigenvalue weighted by Gasteiger charge is -2.24. The number of nitrogens with zero attached hydrogens (tertiary/aromatic N) is 1. The first kappa shape index (κ1) is 14.7. The Morgan fingerprint density at radius 3 is 2.44 bits per heavy atom. The highest BCUT2D eigenvalue weighted by atomic mass is 16.4. The van der Waals surface area contributed by atoms with Gasteiger partial charge in [0.25, 0.3) is 0 Å². The second-order valence-corrected chi connectivity index (χ2v) is 4.52. The summed E-state index contributed by atoms with van der Waals surface area (Å²) in [7, 11) is 0. The Morgan fingerprint density at radius 1 is 1.33 bits per heavy atom. The minimum absolute atomic E-state index is 0.232. The molecule has 2 atom stereocenters. The number of hydrogen-bond donors (Lipinski definition) is 4. The zero-order valence-corrected chi connectivity index (χ0v) is 10.6. The highest BCUT2D eigenvalue weighted by Gasteiger charge is 2.21. The predicted molar refractivity (Wildman–Crippen MR) is 65.3 cm³/mol. The van der Waals surface area contributed by atoms with E-state index in [0.717, 1.165) is 13.1 Å². The molecule has 0 saturated carbocycles. The summed E-state index contributed by atoms with van der Waals surface area (Å²) in [5.74, 6) is -1.25. The molecule has 4 N–H and O–H groups in total. The third kappa shape index (κ3) is 4.50. The van der Waals surface area contributed by atoms with Crippen molar-refractivity contribution in [3.8, 4) is 0 Å². The van der Waals surface area contributed by atoms with Gasteiger partial charge in [-0.1, -0.05) is 0 Å². The maximum Gasteiger partial charge on any atom is 0.328 e. The van der Waals surface area contributed by atoms with Gasteiger partial charge in [-0.15, -0.1) is 0 Å². The molecule has 104 valence electrons. The van der Waals surface area contributed by atoms with E-state index in [-0.39, 0.29) is 6.04 Å². The summed E-state index contributed by atoms with van der Waals surface area (Å²) in [6.45, 7) is 3.94. The van der Waals surface area contributed by atoms with Gasteiger partial charge >= 0.3 is 12.0 Å². The van der Waals surface area contributed by atoms with Crippen molar-refractivity contribution in [2.24, 2.45) is 0 Å². The molecule has 18 heavy (non-hydrogen) atoms. The van der Waals surface area contributed by atoms with E-state index in [2.05, 4.69) is 15.5 Å². The van der Waals surface area contributed by atoms with Gasteiger partial charge in [0.1, 0.15) is 0 Å². The highest BCUT2D eigenvalue weighted by Crippen LogP contribution is 2.10. The van der Waals surface area contributed by atoms with Crippen LogP contribution in [0.2, 0.25) is 0 Å². The van der Waals surface area contributed by atoms with Crippen LogP contribution < -0.4 is 10.6 Å². The van der Waals surface area contributed by atoms with Crippen LogP contribution >= 0.6 is 0 Å². The van der Waals surface area contributed by atoms with Crippen molar-refractivity contribution in [2.45, 2.75) is 31.8 Å². The number of carboxylic acid groups (broad SMARTS) is 1. The Bertz CT molecular complexity index is 292. The van der Waals surface area contributed by atoms with Crippen LogP contribution in [0, 0.1) is 0 Å². The first-order chi connectivity index (χ1) is 8.54. The van der Waals surface area contributed by atoms with Crippen LogP contribution in [0.25, 0.3) is 0 Å². The molecule has 1 heterocycles. The molecule has 0 aromatic heterocycles. The number of aliphatic carboxylic acids is 1. The minimum atomic E-state index is -1.26. The van der Waals surface area contributed by atoms with E-state index in [9.17, 15) is 9.59 Å². The fourth-order valence-electron chi connectivity index (χ4n) is 1.95. The number of carboxylic acids is 1. The zero-order valence-electron chi connectivity index (χ0n) is 10.6. The molecule has 2 amide bonds. The van der Waals surface area contributed by atoms with Crippen LogP contribution in [0.3, 0.4) is 0 Å². The van der Waals surface area contributed by atoms with Gasteiger partial charge in [-0.2, -0.15) is 0 Å². The van der Waals surface area contributed by atoms with E-state index < -0.39 is 24.6 Å². The lowest BCUT2D eigenvalue weighted by molar-refractivity contribution is -0.140. The first-order valence-corrected chi connectivity index (χ1v) is 6.16. The number of rotatable bonds is 6. The number of aliphatic hydroxyl groups excluding tert-OH is 1. The van der Waals surface area contributed by atoms with Crippen molar-refractivity contribution >= 4 is 12.0 Å². The van der Waals surface area contributed by atoms with E-state index in [1.54, 1.807) is 0 Å². The van der Waals surface area contributed by atoms with E-state index in [4.69, 9.17) is 10.2 Å². The largest absolute Gasteiger partial charge is 0.480 e. The summed E-state index contributed by atoms with van der Waals surface area (Å²) < 4.78 is 0. The Hall–Kier alpha value is -1.34. The van der Waals surface area contributed by atoms with Crippen molar-refractivity contribution in [3.05, 3.63) is 0 Å². The molecule has 0 bridgehead atoms. The predicted octanol–water partition coefficient (Wildman–Crippen LogP) is -0.785.